The third kappa shape index (κ3) is 2.90. The molecule has 112 valence electrons. The third-order valence-electron chi connectivity index (χ3n) is 4.53. The van der Waals surface area contributed by atoms with Gasteiger partial charge in [0.2, 0.25) is 0 Å². The maximum Gasteiger partial charge on any atom is 0.0857 e. The summed E-state index contributed by atoms with van der Waals surface area (Å²) < 4.78 is 7.97. The Kier molecular flexibility index (Phi) is 4.10. The van der Waals surface area contributed by atoms with Crippen molar-refractivity contribution in [3.05, 3.63) is 18.0 Å². The van der Waals surface area contributed by atoms with Crippen LogP contribution >= 0.6 is 0 Å². The summed E-state index contributed by atoms with van der Waals surface area (Å²) >= 11 is 0. The van der Waals surface area contributed by atoms with E-state index in [-0.39, 0.29) is 12.1 Å². The molecular formula is C15H26N4O. The predicted octanol–water partition coefficient (Wildman–Crippen LogP) is 1.20. The summed E-state index contributed by atoms with van der Waals surface area (Å²) in [4.78, 5) is 2.54. The van der Waals surface area contributed by atoms with Crippen LogP contribution < -0.4 is 5.73 Å². The van der Waals surface area contributed by atoms with Crippen molar-refractivity contribution >= 4 is 0 Å². The molecule has 0 aliphatic carbocycles. The van der Waals surface area contributed by atoms with Crippen molar-refractivity contribution in [2.75, 3.05) is 19.7 Å². The summed E-state index contributed by atoms with van der Waals surface area (Å²) in [5.74, 6) is 0. The molecule has 5 nitrogen and oxygen atoms in total. The second-order valence-corrected chi connectivity index (χ2v) is 6.41. The highest BCUT2D eigenvalue weighted by Gasteiger charge is 2.34. The molecule has 0 spiro atoms. The molecule has 3 rings (SSSR count). The minimum absolute atomic E-state index is 0.0343. The van der Waals surface area contributed by atoms with Gasteiger partial charge < -0.3 is 10.5 Å². The molecule has 3 atom stereocenters. The smallest absolute Gasteiger partial charge is 0.0857 e. The molecule has 1 aromatic heterocycles. The van der Waals surface area contributed by atoms with Gasteiger partial charge in [0.15, 0.2) is 0 Å². The van der Waals surface area contributed by atoms with Crippen molar-refractivity contribution in [1.82, 2.24) is 14.7 Å². The zero-order chi connectivity index (χ0) is 14.1. The van der Waals surface area contributed by atoms with E-state index >= 15 is 0 Å². The minimum atomic E-state index is 0.0343. The van der Waals surface area contributed by atoms with Crippen LogP contribution in [0.25, 0.3) is 0 Å². The molecule has 2 saturated heterocycles. The number of nitrogens with zero attached hydrogens (tertiary/aromatic N) is 3. The fourth-order valence-corrected chi connectivity index (χ4v) is 3.25. The Hall–Kier alpha value is -0.910. The van der Waals surface area contributed by atoms with Gasteiger partial charge in [-0.1, -0.05) is 0 Å². The predicted molar refractivity (Wildman–Crippen MR) is 78.6 cm³/mol. The van der Waals surface area contributed by atoms with Crippen molar-refractivity contribution in [1.29, 1.82) is 0 Å². The Morgan fingerprint density at radius 1 is 1.50 bits per heavy atom. The number of aromatic nitrogens is 2. The van der Waals surface area contributed by atoms with Crippen molar-refractivity contribution < 1.29 is 4.74 Å². The van der Waals surface area contributed by atoms with E-state index in [1.807, 2.05) is 10.9 Å². The monoisotopic (exact) mass is 278 g/mol. The molecule has 0 saturated carbocycles. The highest BCUT2D eigenvalue weighted by atomic mass is 16.5. The Labute approximate surface area is 121 Å². The topological polar surface area (TPSA) is 56.3 Å². The standard InChI is InChI=1S/C15H26N4O/c1-11(2)19-7-5-12(17-19)8-14(16)15-9-18-6-3-4-13(18)10-20-15/h5,7,11,13-15H,3-4,6,8-10,16H2,1-2H3. The van der Waals surface area contributed by atoms with Crippen LogP contribution in [0.4, 0.5) is 0 Å². The Bertz CT molecular complexity index is 445. The van der Waals surface area contributed by atoms with E-state index in [0.717, 1.165) is 25.3 Å². The number of rotatable bonds is 4. The number of fused-ring (bicyclic) bond motifs is 1. The van der Waals surface area contributed by atoms with Gasteiger partial charge >= 0.3 is 0 Å². The maximum atomic E-state index is 6.35. The van der Waals surface area contributed by atoms with Gasteiger partial charge in [-0.05, 0) is 39.3 Å². The molecule has 0 aromatic carbocycles. The fraction of sp³-hybridized carbons (Fsp3) is 0.800. The average molecular weight is 278 g/mol. The molecule has 20 heavy (non-hydrogen) atoms. The minimum Gasteiger partial charge on any atom is -0.374 e. The Balaban J connectivity index is 1.57. The molecule has 0 amide bonds. The third-order valence-corrected chi connectivity index (χ3v) is 4.53. The summed E-state index contributed by atoms with van der Waals surface area (Å²) in [7, 11) is 0. The van der Waals surface area contributed by atoms with Crippen LogP contribution in [0.2, 0.25) is 0 Å². The molecule has 3 heterocycles. The average Bonchev–Trinajstić information content (AvgIpc) is 3.05. The lowest BCUT2D eigenvalue weighted by molar-refractivity contribution is -0.0590. The van der Waals surface area contributed by atoms with Crippen LogP contribution in [0.5, 0.6) is 0 Å². The van der Waals surface area contributed by atoms with Gasteiger partial charge in [-0.25, -0.2) is 0 Å². The number of hydrogen-bond donors (Lipinski definition) is 1. The number of morpholine rings is 1. The SMILES string of the molecule is CC(C)n1ccc(CC(N)C2CN3CCCC3CO2)n1. The van der Waals surface area contributed by atoms with Gasteiger partial charge in [0.25, 0.3) is 0 Å². The molecule has 2 aliphatic rings. The van der Waals surface area contributed by atoms with Gasteiger partial charge in [0, 0.05) is 37.3 Å². The van der Waals surface area contributed by atoms with Crippen LogP contribution in [0.15, 0.2) is 12.3 Å². The first kappa shape index (κ1) is 14.0. The van der Waals surface area contributed by atoms with Crippen molar-refractivity contribution in [2.24, 2.45) is 5.73 Å². The molecule has 3 unspecified atom stereocenters. The summed E-state index contributed by atoms with van der Waals surface area (Å²) in [6.07, 6.45) is 5.55. The number of ether oxygens (including phenoxy) is 1. The Morgan fingerprint density at radius 3 is 3.10 bits per heavy atom. The lowest BCUT2D eigenvalue weighted by Gasteiger charge is -2.37. The van der Waals surface area contributed by atoms with Gasteiger partial charge in [0.1, 0.15) is 0 Å². The van der Waals surface area contributed by atoms with Crippen LogP contribution in [0.3, 0.4) is 0 Å². The normalized spacial score (nSPS) is 28.8. The highest BCUT2D eigenvalue weighted by molar-refractivity contribution is 5.03. The van der Waals surface area contributed by atoms with Gasteiger partial charge in [-0.2, -0.15) is 5.10 Å². The lowest BCUT2D eigenvalue weighted by Crippen LogP contribution is -2.53. The maximum absolute atomic E-state index is 6.35. The van der Waals surface area contributed by atoms with E-state index in [1.165, 1.54) is 19.4 Å². The first-order valence-electron chi connectivity index (χ1n) is 7.78. The van der Waals surface area contributed by atoms with E-state index in [0.29, 0.717) is 12.1 Å². The largest absolute Gasteiger partial charge is 0.374 e. The van der Waals surface area contributed by atoms with Crippen LogP contribution in [0.1, 0.15) is 38.4 Å². The van der Waals surface area contributed by atoms with Crippen LogP contribution in [-0.2, 0) is 11.2 Å². The summed E-state index contributed by atoms with van der Waals surface area (Å²) in [6.45, 7) is 7.30. The molecule has 2 N–H and O–H groups in total. The highest BCUT2D eigenvalue weighted by Crippen LogP contribution is 2.24. The molecule has 2 fully saturated rings. The van der Waals surface area contributed by atoms with Gasteiger partial charge in [-0.15, -0.1) is 0 Å². The second kappa shape index (κ2) is 5.84. The quantitative estimate of drug-likeness (QED) is 0.899. The lowest BCUT2D eigenvalue weighted by atomic mass is 10.0. The van der Waals surface area contributed by atoms with E-state index in [9.17, 15) is 0 Å². The van der Waals surface area contributed by atoms with Crippen molar-refractivity contribution in [2.45, 2.75) is 57.3 Å². The molecular weight excluding hydrogens is 252 g/mol. The first-order valence-corrected chi connectivity index (χ1v) is 7.78. The summed E-state index contributed by atoms with van der Waals surface area (Å²) in [6, 6.07) is 3.14. The van der Waals surface area contributed by atoms with Crippen molar-refractivity contribution in [3.63, 3.8) is 0 Å². The van der Waals surface area contributed by atoms with E-state index < -0.39 is 0 Å². The van der Waals surface area contributed by atoms with Gasteiger partial charge in [-0.3, -0.25) is 9.58 Å². The first-order chi connectivity index (χ1) is 9.63. The fourth-order valence-electron chi connectivity index (χ4n) is 3.25. The molecule has 0 bridgehead atoms. The number of nitrogens with two attached hydrogens (primary N) is 1. The second-order valence-electron chi connectivity index (χ2n) is 6.41. The summed E-state index contributed by atoms with van der Waals surface area (Å²) in [5, 5.41) is 4.58. The Morgan fingerprint density at radius 2 is 2.35 bits per heavy atom. The zero-order valence-electron chi connectivity index (χ0n) is 12.5. The van der Waals surface area contributed by atoms with E-state index in [2.05, 4.69) is 29.9 Å². The van der Waals surface area contributed by atoms with Crippen molar-refractivity contribution in [3.8, 4) is 0 Å². The number of hydrogen-bond acceptors (Lipinski definition) is 4. The van der Waals surface area contributed by atoms with Gasteiger partial charge in [0.05, 0.1) is 18.4 Å². The molecule has 0 radical (unpaired) electrons. The van der Waals surface area contributed by atoms with Crippen LogP contribution in [0, 0.1) is 0 Å². The zero-order valence-corrected chi connectivity index (χ0v) is 12.5. The molecule has 1 aromatic rings. The van der Waals surface area contributed by atoms with E-state index in [4.69, 9.17) is 10.5 Å². The van der Waals surface area contributed by atoms with Crippen LogP contribution in [-0.4, -0.2) is 52.6 Å². The molecule has 5 heteroatoms. The van der Waals surface area contributed by atoms with E-state index in [1.54, 1.807) is 0 Å². The summed E-state index contributed by atoms with van der Waals surface area (Å²) in [5.41, 5.74) is 7.42. The molecule has 2 aliphatic heterocycles.